The average Bonchev–Trinajstić information content (AvgIpc) is 2.24. The first-order valence-corrected chi connectivity index (χ1v) is 7.24. The Balaban J connectivity index is 3.57. The van der Waals surface area contributed by atoms with Crippen molar-refractivity contribution in [2.45, 2.75) is 78.6 Å². The van der Waals surface area contributed by atoms with Crippen LogP contribution < -0.4 is 0 Å². The van der Waals surface area contributed by atoms with E-state index in [9.17, 15) is 0 Å². The van der Waals surface area contributed by atoms with Crippen LogP contribution in [0.3, 0.4) is 0 Å². The Morgan fingerprint density at radius 1 is 1.06 bits per heavy atom. The monoisotopic (exact) mass is 260 g/mol. The number of rotatable bonds is 11. The predicted molar refractivity (Wildman–Crippen MR) is 76.1 cm³/mol. The van der Waals surface area contributed by atoms with E-state index in [1.54, 1.807) is 0 Å². The van der Waals surface area contributed by atoms with Crippen molar-refractivity contribution >= 4 is 0 Å². The van der Waals surface area contributed by atoms with Crippen LogP contribution in [0.25, 0.3) is 0 Å². The van der Waals surface area contributed by atoms with Crippen molar-refractivity contribution in [2.24, 2.45) is 0 Å². The molecule has 0 aromatic heterocycles. The summed E-state index contributed by atoms with van der Waals surface area (Å²) in [6, 6.07) is 0. The quantitative estimate of drug-likeness (QED) is 0.529. The molecule has 0 aromatic rings. The summed E-state index contributed by atoms with van der Waals surface area (Å²) in [6.07, 6.45) is 3.65. The smallest absolute Gasteiger partial charge is 0.0783 e. The summed E-state index contributed by atoms with van der Waals surface area (Å²) in [5.74, 6) is 0. The van der Waals surface area contributed by atoms with Gasteiger partial charge in [-0.1, -0.05) is 13.3 Å². The van der Waals surface area contributed by atoms with Gasteiger partial charge in [0.15, 0.2) is 0 Å². The fourth-order valence-corrected chi connectivity index (χ4v) is 1.64. The highest BCUT2D eigenvalue weighted by molar-refractivity contribution is 4.68. The molecule has 3 nitrogen and oxygen atoms in total. The highest BCUT2D eigenvalue weighted by Gasteiger charge is 2.17. The maximum absolute atomic E-state index is 5.83. The van der Waals surface area contributed by atoms with Crippen LogP contribution in [0, 0.1) is 0 Å². The molecule has 0 amide bonds. The molecule has 0 radical (unpaired) electrons. The van der Waals surface area contributed by atoms with Gasteiger partial charge in [-0.3, -0.25) is 0 Å². The van der Waals surface area contributed by atoms with E-state index >= 15 is 0 Å². The predicted octanol–water partition coefficient (Wildman–Crippen LogP) is 3.80. The average molecular weight is 260 g/mol. The van der Waals surface area contributed by atoms with E-state index in [-0.39, 0.29) is 17.8 Å². The largest absolute Gasteiger partial charge is 0.379 e. The third kappa shape index (κ3) is 11.0. The van der Waals surface area contributed by atoms with Gasteiger partial charge in [-0.25, -0.2) is 0 Å². The van der Waals surface area contributed by atoms with E-state index < -0.39 is 0 Å². The minimum absolute atomic E-state index is 0.0860. The molecule has 0 aromatic carbocycles. The summed E-state index contributed by atoms with van der Waals surface area (Å²) in [4.78, 5) is 0. The van der Waals surface area contributed by atoms with Gasteiger partial charge in [-0.15, -0.1) is 0 Å². The molecular formula is C15H32O3. The molecule has 0 spiro atoms. The zero-order valence-electron chi connectivity index (χ0n) is 13.1. The second-order valence-electron chi connectivity index (χ2n) is 5.78. The third-order valence-corrected chi connectivity index (χ3v) is 2.70. The van der Waals surface area contributed by atoms with Crippen molar-refractivity contribution in [3.05, 3.63) is 0 Å². The summed E-state index contributed by atoms with van der Waals surface area (Å²) in [7, 11) is 0. The Hall–Kier alpha value is -0.120. The molecule has 1 atom stereocenters. The van der Waals surface area contributed by atoms with Gasteiger partial charge < -0.3 is 14.2 Å². The van der Waals surface area contributed by atoms with Crippen molar-refractivity contribution in [1.29, 1.82) is 0 Å². The van der Waals surface area contributed by atoms with Crippen molar-refractivity contribution in [2.75, 3.05) is 19.8 Å². The summed E-state index contributed by atoms with van der Waals surface area (Å²) < 4.78 is 17.1. The van der Waals surface area contributed by atoms with Gasteiger partial charge in [0.2, 0.25) is 0 Å². The first-order chi connectivity index (χ1) is 8.37. The molecule has 3 heteroatoms. The number of ether oxygens (including phenoxy) is 3. The lowest BCUT2D eigenvalue weighted by Gasteiger charge is -2.25. The van der Waals surface area contributed by atoms with Crippen LogP contribution in [0.1, 0.15) is 60.8 Å². The van der Waals surface area contributed by atoms with E-state index in [1.165, 1.54) is 6.42 Å². The Morgan fingerprint density at radius 3 is 2.28 bits per heavy atom. The zero-order valence-corrected chi connectivity index (χ0v) is 13.1. The summed E-state index contributed by atoms with van der Waals surface area (Å²) >= 11 is 0. The Bertz CT molecular complexity index is 190. The van der Waals surface area contributed by atoms with Crippen LogP contribution in [0.4, 0.5) is 0 Å². The summed E-state index contributed by atoms with van der Waals surface area (Å²) in [5, 5.41) is 0. The highest BCUT2D eigenvalue weighted by Crippen LogP contribution is 2.15. The molecule has 0 aliphatic rings. The van der Waals surface area contributed by atoms with Gasteiger partial charge >= 0.3 is 0 Å². The Morgan fingerprint density at radius 2 is 1.72 bits per heavy atom. The van der Waals surface area contributed by atoms with Crippen LogP contribution in [0.5, 0.6) is 0 Å². The fourth-order valence-electron chi connectivity index (χ4n) is 1.64. The second kappa shape index (κ2) is 9.76. The van der Waals surface area contributed by atoms with Crippen molar-refractivity contribution in [3.63, 3.8) is 0 Å². The van der Waals surface area contributed by atoms with Gasteiger partial charge in [0.25, 0.3) is 0 Å². The van der Waals surface area contributed by atoms with Crippen molar-refractivity contribution in [1.82, 2.24) is 0 Å². The first kappa shape index (κ1) is 17.9. The maximum Gasteiger partial charge on any atom is 0.0783 e. The number of hydrogen-bond donors (Lipinski definition) is 0. The lowest BCUT2D eigenvalue weighted by Crippen LogP contribution is -2.28. The van der Waals surface area contributed by atoms with Crippen LogP contribution in [0.15, 0.2) is 0 Å². The lowest BCUT2D eigenvalue weighted by atomic mass is 10.1. The minimum Gasteiger partial charge on any atom is -0.379 e. The van der Waals surface area contributed by atoms with Crippen molar-refractivity contribution < 1.29 is 14.2 Å². The van der Waals surface area contributed by atoms with Gasteiger partial charge in [-0.2, -0.15) is 0 Å². The third-order valence-electron chi connectivity index (χ3n) is 2.70. The van der Waals surface area contributed by atoms with E-state index in [0.717, 1.165) is 26.1 Å². The molecule has 1 unspecified atom stereocenters. The Labute approximate surface area is 113 Å². The molecule has 0 aliphatic heterocycles. The summed E-state index contributed by atoms with van der Waals surface area (Å²) in [5.41, 5.74) is -0.0860. The molecule has 0 N–H and O–H groups in total. The topological polar surface area (TPSA) is 27.7 Å². The van der Waals surface area contributed by atoms with Crippen LogP contribution in [-0.2, 0) is 14.2 Å². The molecule has 0 saturated carbocycles. The SMILES string of the molecule is CCCCOC(C)(C)CCOCC(C)OC(C)C. The summed E-state index contributed by atoms with van der Waals surface area (Å²) in [6.45, 7) is 14.8. The van der Waals surface area contributed by atoms with Gasteiger partial charge in [0.1, 0.15) is 0 Å². The molecule has 110 valence electrons. The van der Waals surface area contributed by atoms with Crippen LogP contribution in [0.2, 0.25) is 0 Å². The zero-order chi connectivity index (χ0) is 14.0. The molecular weight excluding hydrogens is 228 g/mol. The van der Waals surface area contributed by atoms with E-state index in [2.05, 4.69) is 20.8 Å². The molecule has 0 rings (SSSR count). The first-order valence-electron chi connectivity index (χ1n) is 7.24. The minimum atomic E-state index is -0.0860. The lowest BCUT2D eigenvalue weighted by molar-refractivity contribution is -0.0637. The second-order valence-corrected chi connectivity index (χ2v) is 5.78. The maximum atomic E-state index is 5.83. The van der Waals surface area contributed by atoms with Crippen LogP contribution >= 0.6 is 0 Å². The van der Waals surface area contributed by atoms with Gasteiger partial charge in [0.05, 0.1) is 24.4 Å². The molecule has 0 heterocycles. The molecule has 18 heavy (non-hydrogen) atoms. The molecule has 0 bridgehead atoms. The Kier molecular flexibility index (Phi) is 9.70. The highest BCUT2D eigenvalue weighted by atomic mass is 16.5. The van der Waals surface area contributed by atoms with E-state index in [4.69, 9.17) is 14.2 Å². The number of hydrogen-bond acceptors (Lipinski definition) is 3. The van der Waals surface area contributed by atoms with Gasteiger partial charge in [0, 0.05) is 13.2 Å². The van der Waals surface area contributed by atoms with Gasteiger partial charge in [-0.05, 0) is 47.5 Å². The number of unbranched alkanes of at least 4 members (excludes halogenated alkanes) is 1. The fraction of sp³-hybridized carbons (Fsp3) is 1.00. The van der Waals surface area contributed by atoms with Crippen molar-refractivity contribution in [3.8, 4) is 0 Å². The molecule has 0 fully saturated rings. The normalized spacial score (nSPS) is 14.2. The standard InChI is InChI=1S/C15H32O3/c1-7-8-10-17-15(5,6)9-11-16-12-14(4)18-13(2)3/h13-14H,7-12H2,1-6H3. The van der Waals surface area contributed by atoms with Crippen LogP contribution in [-0.4, -0.2) is 37.6 Å². The molecule has 0 aliphatic carbocycles. The van der Waals surface area contributed by atoms with E-state index in [1.807, 2.05) is 20.8 Å². The molecule has 0 saturated heterocycles. The van der Waals surface area contributed by atoms with E-state index in [0.29, 0.717) is 6.61 Å².